The number of aryl methyl sites for hydroxylation is 2. The van der Waals surface area contributed by atoms with Crippen molar-refractivity contribution in [1.29, 1.82) is 0 Å². The number of nitrogens with zero attached hydrogens (tertiary/aromatic N) is 4. The maximum Gasteiger partial charge on any atom is 0.222 e. The summed E-state index contributed by atoms with van der Waals surface area (Å²) in [4.78, 5) is 10.8. The highest BCUT2D eigenvalue weighted by Gasteiger charge is 2.29. The van der Waals surface area contributed by atoms with Crippen molar-refractivity contribution in [3.8, 4) is 0 Å². The highest BCUT2D eigenvalue weighted by Crippen LogP contribution is 2.35. The van der Waals surface area contributed by atoms with E-state index in [2.05, 4.69) is 32.0 Å². The summed E-state index contributed by atoms with van der Waals surface area (Å²) in [6, 6.07) is 2.29. The van der Waals surface area contributed by atoms with Gasteiger partial charge in [-0.1, -0.05) is 0 Å². The summed E-state index contributed by atoms with van der Waals surface area (Å²) in [7, 11) is 0. The molecule has 2 aromatic rings. The highest BCUT2D eigenvalue weighted by atomic mass is 15.3. The van der Waals surface area contributed by atoms with Crippen LogP contribution in [0.1, 0.15) is 35.8 Å². The number of nitrogens with one attached hydrogen (secondary N) is 1. The van der Waals surface area contributed by atoms with Crippen molar-refractivity contribution in [3.05, 3.63) is 29.2 Å². The Hall–Kier alpha value is -2.11. The molecule has 1 saturated heterocycles. The third kappa shape index (κ3) is 2.14. The van der Waals surface area contributed by atoms with E-state index in [1.165, 1.54) is 11.3 Å². The molecule has 0 aromatic carbocycles. The van der Waals surface area contributed by atoms with Gasteiger partial charge in [0.15, 0.2) is 0 Å². The molecule has 1 fully saturated rings. The van der Waals surface area contributed by atoms with Crippen LogP contribution >= 0.6 is 0 Å². The van der Waals surface area contributed by atoms with Crippen molar-refractivity contribution in [2.24, 2.45) is 0 Å². The molecule has 0 radical (unpaired) electrons. The zero-order chi connectivity index (χ0) is 13.4. The number of nitrogen functional groups attached to an aromatic ring is 1. The first-order valence-electron chi connectivity index (χ1n) is 6.53. The molecule has 6 nitrogen and oxygen atoms in total. The molecule has 3 N–H and O–H groups in total. The van der Waals surface area contributed by atoms with E-state index in [9.17, 15) is 0 Å². The number of hydrogen-bond donors (Lipinski definition) is 2. The van der Waals surface area contributed by atoms with Gasteiger partial charge < -0.3 is 10.6 Å². The Balaban J connectivity index is 1.97. The minimum atomic E-state index is 0.302. The SMILES string of the molecule is Cc1cc(N2CCC[C@H]2c2[nH]ncc2C)nc(N)n1. The molecule has 6 heteroatoms. The number of anilines is 2. The van der Waals surface area contributed by atoms with Gasteiger partial charge in [-0.2, -0.15) is 10.1 Å². The van der Waals surface area contributed by atoms with Crippen LogP contribution in [0.2, 0.25) is 0 Å². The van der Waals surface area contributed by atoms with Crippen molar-refractivity contribution in [2.75, 3.05) is 17.2 Å². The zero-order valence-electron chi connectivity index (χ0n) is 11.2. The number of rotatable bonds is 2. The predicted molar refractivity (Wildman–Crippen MR) is 73.8 cm³/mol. The molecular formula is C13H18N6. The molecule has 0 saturated carbocycles. The number of aromatic nitrogens is 4. The molecule has 0 aliphatic carbocycles. The van der Waals surface area contributed by atoms with Crippen molar-refractivity contribution in [1.82, 2.24) is 20.2 Å². The minimum Gasteiger partial charge on any atom is -0.368 e. The van der Waals surface area contributed by atoms with Gasteiger partial charge in [-0.25, -0.2) is 4.98 Å². The van der Waals surface area contributed by atoms with Crippen LogP contribution in [0.3, 0.4) is 0 Å². The van der Waals surface area contributed by atoms with E-state index >= 15 is 0 Å². The smallest absolute Gasteiger partial charge is 0.222 e. The van der Waals surface area contributed by atoms with Crippen LogP contribution < -0.4 is 10.6 Å². The van der Waals surface area contributed by atoms with E-state index in [1.807, 2.05) is 19.2 Å². The van der Waals surface area contributed by atoms with Crippen molar-refractivity contribution < 1.29 is 0 Å². The van der Waals surface area contributed by atoms with E-state index < -0.39 is 0 Å². The van der Waals surface area contributed by atoms with Gasteiger partial charge in [0.1, 0.15) is 5.82 Å². The quantitative estimate of drug-likeness (QED) is 0.857. The summed E-state index contributed by atoms with van der Waals surface area (Å²) >= 11 is 0. The number of aromatic amines is 1. The van der Waals surface area contributed by atoms with Crippen molar-refractivity contribution >= 4 is 11.8 Å². The summed E-state index contributed by atoms with van der Waals surface area (Å²) < 4.78 is 0. The standard InChI is InChI=1S/C13H18N6/c1-8-7-15-18-12(8)10-4-3-5-19(10)11-6-9(2)16-13(14)17-11/h6-7,10H,3-5H2,1-2H3,(H,15,18)(H2,14,16,17)/t10-/m0/s1. The normalized spacial score (nSPS) is 19.1. The second-order valence-electron chi connectivity index (χ2n) is 5.04. The number of nitrogens with two attached hydrogens (primary N) is 1. The van der Waals surface area contributed by atoms with Crippen molar-refractivity contribution in [2.45, 2.75) is 32.7 Å². The Bertz CT molecular complexity index is 570. The fourth-order valence-electron chi connectivity index (χ4n) is 2.76. The summed E-state index contributed by atoms with van der Waals surface area (Å²) in [5.74, 6) is 1.24. The Morgan fingerprint density at radius 3 is 2.89 bits per heavy atom. The van der Waals surface area contributed by atoms with Gasteiger partial charge in [0.05, 0.1) is 17.9 Å². The largest absolute Gasteiger partial charge is 0.368 e. The number of hydrogen-bond acceptors (Lipinski definition) is 5. The lowest BCUT2D eigenvalue weighted by molar-refractivity contribution is 0.679. The first-order chi connectivity index (χ1) is 9.15. The lowest BCUT2D eigenvalue weighted by Gasteiger charge is -2.25. The van der Waals surface area contributed by atoms with Gasteiger partial charge in [-0.15, -0.1) is 0 Å². The summed E-state index contributed by atoms with van der Waals surface area (Å²) in [5, 5.41) is 7.23. The van der Waals surface area contributed by atoms with Gasteiger partial charge >= 0.3 is 0 Å². The Morgan fingerprint density at radius 2 is 2.21 bits per heavy atom. The van der Waals surface area contributed by atoms with Crippen LogP contribution in [0.15, 0.2) is 12.3 Å². The summed E-state index contributed by atoms with van der Waals surface area (Å²) in [6.45, 7) is 5.00. The van der Waals surface area contributed by atoms with Gasteiger partial charge in [-0.3, -0.25) is 5.10 Å². The predicted octanol–water partition coefficient (Wildman–Crippen LogP) is 1.74. The summed E-state index contributed by atoms with van der Waals surface area (Å²) in [5.41, 5.74) is 9.01. The van der Waals surface area contributed by atoms with Gasteiger partial charge in [0.25, 0.3) is 0 Å². The molecule has 3 rings (SSSR count). The Morgan fingerprint density at radius 1 is 1.37 bits per heavy atom. The number of H-pyrrole nitrogens is 1. The van der Waals surface area contributed by atoms with Crippen LogP contribution in [0.25, 0.3) is 0 Å². The van der Waals surface area contributed by atoms with Crippen LogP contribution in [0, 0.1) is 13.8 Å². The van der Waals surface area contributed by atoms with E-state index in [1.54, 1.807) is 0 Å². The Labute approximate surface area is 112 Å². The van der Waals surface area contributed by atoms with E-state index in [-0.39, 0.29) is 0 Å². The monoisotopic (exact) mass is 258 g/mol. The minimum absolute atomic E-state index is 0.302. The molecule has 0 unspecified atom stereocenters. The average Bonchev–Trinajstić information content (AvgIpc) is 2.95. The molecule has 1 atom stereocenters. The fraction of sp³-hybridized carbons (Fsp3) is 0.462. The first kappa shape index (κ1) is 12.0. The Kier molecular flexibility index (Phi) is 2.85. The summed E-state index contributed by atoms with van der Waals surface area (Å²) in [6.07, 6.45) is 4.11. The van der Waals surface area contributed by atoms with Gasteiger partial charge in [0, 0.05) is 18.3 Å². The molecule has 1 aliphatic heterocycles. The third-order valence-corrected chi connectivity index (χ3v) is 3.61. The molecule has 3 heterocycles. The second-order valence-corrected chi connectivity index (χ2v) is 5.04. The van der Waals surface area contributed by atoms with Crippen LogP contribution in [-0.4, -0.2) is 26.7 Å². The molecular weight excluding hydrogens is 240 g/mol. The topological polar surface area (TPSA) is 83.7 Å². The van der Waals surface area contributed by atoms with Crippen LogP contribution in [-0.2, 0) is 0 Å². The van der Waals surface area contributed by atoms with Gasteiger partial charge in [0.2, 0.25) is 5.95 Å². The molecule has 19 heavy (non-hydrogen) atoms. The fourth-order valence-corrected chi connectivity index (χ4v) is 2.76. The second kappa shape index (κ2) is 4.53. The van der Waals surface area contributed by atoms with E-state index in [0.29, 0.717) is 12.0 Å². The first-order valence-corrected chi connectivity index (χ1v) is 6.53. The van der Waals surface area contributed by atoms with E-state index in [4.69, 9.17) is 5.73 Å². The molecule has 2 aromatic heterocycles. The molecule has 100 valence electrons. The van der Waals surface area contributed by atoms with E-state index in [0.717, 1.165) is 30.9 Å². The van der Waals surface area contributed by atoms with Crippen molar-refractivity contribution in [3.63, 3.8) is 0 Å². The molecule has 1 aliphatic rings. The molecule has 0 spiro atoms. The zero-order valence-corrected chi connectivity index (χ0v) is 11.2. The van der Waals surface area contributed by atoms with Crippen LogP contribution in [0.4, 0.5) is 11.8 Å². The maximum atomic E-state index is 5.75. The lowest BCUT2D eigenvalue weighted by atomic mass is 10.1. The highest BCUT2D eigenvalue weighted by molar-refractivity contribution is 5.47. The van der Waals surface area contributed by atoms with Gasteiger partial charge in [-0.05, 0) is 32.3 Å². The lowest BCUT2D eigenvalue weighted by Crippen LogP contribution is -2.25. The maximum absolute atomic E-state index is 5.75. The molecule has 0 amide bonds. The third-order valence-electron chi connectivity index (χ3n) is 3.61. The van der Waals surface area contributed by atoms with Crippen LogP contribution in [0.5, 0.6) is 0 Å². The average molecular weight is 258 g/mol. The molecule has 0 bridgehead atoms.